The molecule has 0 aliphatic carbocycles. The first kappa shape index (κ1) is 15.1. The van der Waals surface area contributed by atoms with Crippen LogP contribution < -0.4 is 15.9 Å². The number of hydrogen-bond acceptors (Lipinski definition) is 4. The van der Waals surface area contributed by atoms with Gasteiger partial charge in [0.2, 0.25) is 0 Å². The molecule has 0 unspecified atom stereocenters. The molecule has 2 aromatic carbocycles. The van der Waals surface area contributed by atoms with Crippen LogP contribution in [-0.4, -0.2) is 19.2 Å². The lowest BCUT2D eigenvalue weighted by Crippen LogP contribution is -2.17. The van der Waals surface area contributed by atoms with Crippen LogP contribution in [0.1, 0.15) is 15.9 Å². The van der Waals surface area contributed by atoms with E-state index in [0.717, 1.165) is 10.0 Å². The lowest BCUT2D eigenvalue weighted by molar-refractivity contribution is 0.0955. The third-order valence-electron chi connectivity index (χ3n) is 2.71. The zero-order chi connectivity index (χ0) is 15.2. The second-order valence-electron chi connectivity index (χ2n) is 4.21. The number of ether oxygens (including phenoxy) is 1. The van der Waals surface area contributed by atoms with E-state index in [1.807, 2.05) is 18.2 Å². The van der Waals surface area contributed by atoms with Crippen LogP contribution in [0.2, 0.25) is 0 Å². The van der Waals surface area contributed by atoms with Crippen molar-refractivity contribution in [3.8, 4) is 5.75 Å². The van der Waals surface area contributed by atoms with Crippen molar-refractivity contribution in [2.24, 2.45) is 5.10 Å². The second kappa shape index (κ2) is 6.90. The molecule has 0 spiro atoms. The molecule has 0 aromatic heterocycles. The number of anilines is 1. The van der Waals surface area contributed by atoms with Crippen LogP contribution in [0.4, 0.5) is 5.69 Å². The van der Waals surface area contributed by atoms with Crippen molar-refractivity contribution in [1.29, 1.82) is 0 Å². The number of rotatable bonds is 4. The van der Waals surface area contributed by atoms with Crippen LogP contribution in [0.3, 0.4) is 0 Å². The minimum absolute atomic E-state index is 0.326. The molecule has 21 heavy (non-hydrogen) atoms. The molecule has 0 atom stereocenters. The Morgan fingerprint density at radius 2 is 2.14 bits per heavy atom. The molecule has 0 heterocycles. The SMILES string of the molecule is COc1ccc(Br)cc1/C=N\NC(=O)c1cccc(N)c1. The minimum Gasteiger partial charge on any atom is -0.496 e. The van der Waals surface area contributed by atoms with E-state index in [2.05, 4.69) is 26.5 Å². The Morgan fingerprint density at radius 1 is 1.33 bits per heavy atom. The van der Waals surface area contributed by atoms with Crippen molar-refractivity contribution >= 4 is 33.7 Å². The van der Waals surface area contributed by atoms with Gasteiger partial charge >= 0.3 is 0 Å². The van der Waals surface area contributed by atoms with Gasteiger partial charge in [-0.3, -0.25) is 4.79 Å². The van der Waals surface area contributed by atoms with E-state index in [1.165, 1.54) is 6.21 Å². The highest BCUT2D eigenvalue weighted by atomic mass is 79.9. The van der Waals surface area contributed by atoms with E-state index in [0.29, 0.717) is 17.0 Å². The minimum atomic E-state index is -0.326. The number of nitrogens with two attached hydrogens (primary N) is 1. The lowest BCUT2D eigenvalue weighted by Gasteiger charge is -2.05. The van der Waals surface area contributed by atoms with E-state index >= 15 is 0 Å². The van der Waals surface area contributed by atoms with Gasteiger partial charge < -0.3 is 10.5 Å². The van der Waals surface area contributed by atoms with E-state index < -0.39 is 0 Å². The number of hydrazone groups is 1. The first-order valence-corrected chi connectivity index (χ1v) is 6.92. The number of carbonyl (C=O) groups excluding carboxylic acids is 1. The van der Waals surface area contributed by atoms with Gasteiger partial charge in [-0.15, -0.1) is 0 Å². The third-order valence-corrected chi connectivity index (χ3v) is 3.20. The molecular weight excluding hydrogens is 334 g/mol. The van der Waals surface area contributed by atoms with Crippen LogP contribution in [0.15, 0.2) is 52.0 Å². The summed E-state index contributed by atoms with van der Waals surface area (Å²) in [5.74, 6) is 0.340. The van der Waals surface area contributed by atoms with Crippen molar-refractivity contribution in [1.82, 2.24) is 5.43 Å². The smallest absolute Gasteiger partial charge is 0.271 e. The van der Waals surface area contributed by atoms with E-state index in [9.17, 15) is 4.79 Å². The Labute approximate surface area is 130 Å². The fourth-order valence-electron chi connectivity index (χ4n) is 1.71. The number of carbonyl (C=O) groups is 1. The fraction of sp³-hybridized carbons (Fsp3) is 0.0667. The molecule has 1 amide bonds. The number of halogens is 1. The molecule has 0 bridgehead atoms. The van der Waals surface area contributed by atoms with E-state index in [-0.39, 0.29) is 5.91 Å². The summed E-state index contributed by atoms with van der Waals surface area (Å²) in [6.45, 7) is 0. The number of amides is 1. The summed E-state index contributed by atoms with van der Waals surface area (Å²) in [4.78, 5) is 11.9. The van der Waals surface area contributed by atoms with Gasteiger partial charge in [-0.05, 0) is 36.4 Å². The van der Waals surface area contributed by atoms with Crippen LogP contribution in [0, 0.1) is 0 Å². The summed E-state index contributed by atoms with van der Waals surface area (Å²) < 4.78 is 6.11. The zero-order valence-electron chi connectivity index (χ0n) is 11.3. The number of hydrogen-bond donors (Lipinski definition) is 2. The highest BCUT2D eigenvalue weighted by Crippen LogP contribution is 2.21. The summed E-state index contributed by atoms with van der Waals surface area (Å²) in [5.41, 5.74) is 9.81. The molecule has 2 rings (SSSR count). The second-order valence-corrected chi connectivity index (χ2v) is 5.13. The maximum atomic E-state index is 11.9. The lowest BCUT2D eigenvalue weighted by atomic mass is 10.2. The molecular formula is C15H14BrN3O2. The molecule has 6 heteroatoms. The Hall–Kier alpha value is -2.34. The van der Waals surface area contributed by atoms with Crippen LogP contribution in [0.5, 0.6) is 5.75 Å². The first-order chi connectivity index (χ1) is 10.1. The molecule has 0 aliphatic rings. The Balaban J connectivity index is 2.09. The van der Waals surface area contributed by atoms with Gasteiger partial charge in [-0.2, -0.15) is 5.10 Å². The van der Waals surface area contributed by atoms with Gasteiger partial charge in [0, 0.05) is 21.3 Å². The average Bonchev–Trinajstić information content (AvgIpc) is 2.47. The van der Waals surface area contributed by atoms with Gasteiger partial charge in [0.05, 0.1) is 13.3 Å². The van der Waals surface area contributed by atoms with Crippen molar-refractivity contribution < 1.29 is 9.53 Å². The zero-order valence-corrected chi connectivity index (χ0v) is 12.9. The molecule has 0 fully saturated rings. The van der Waals surface area contributed by atoms with Crippen molar-refractivity contribution in [3.63, 3.8) is 0 Å². The summed E-state index contributed by atoms with van der Waals surface area (Å²) in [6.07, 6.45) is 1.52. The van der Waals surface area contributed by atoms with Crippen LogP contribution in [0.25, 0.3) is 0 Å². The maximum absolute atomic E-state index is 11.9. The van der Waals surface area contributed by atoms with Gasteiger partial charge in [-0.1, -0.05) is 22.0 Å². The quantitative estimate of drug-likeness (QED) is 0.507. The summed E-state index contributed by atoms with van der Waals surface area (Å²) in [5, 5.41) is 3.93. The number of nitrogens with one attached hydrogen (secondary N) is 1. The highest BCUT2D eigenvalue weighted by Gasteiger charge is 2.04. The molecule has 108 valence electrons. The van der Waals surface area contributed by atoms with Gasteiger partial charge in [-0.25, -0.2) is 5.43 Å². The van der Waals surface area contributed by atoms with Gasteiger partial charge in [0.1, 0.15) is 5.75 Å². The molecule has 0 radical (unpaired) electrons. The van der Waals surface area contributed by atoms with E-state index in [1.54, 1.807) is 31.4 Å². The number of nitrogens with zero attached hydrogens (tertiary/aromatic N) is 1. The number of benzene rings is 2. The van der Waals surface area contributed by atoms with E-state index in [4.69, 9.17) is 10.5 Å². The normalized spacial score (nSPS) is 10.6. The molecule has 0 saturated carbocycles. The first-order valence-electron chi connectivity index (χ1n) is 6.12. The molecule has 3 N–H and O–H groups in total. The molecule has 2 aromatic rings. The Kier molecular flexibility index (Phi) is 4.94. The Bertz CT molecular complexity index is 686. The van der Waals surface area contributed by atoms with Crippen molar-refractivity contribution in [3.05, 3.63) is 58.1 Å². The van der Waals surface area contributed by atoms with Gasteiger partial charge in [0.25, 0.3) is 5.91 Å². The summed E-state index contributed by atoms with van der Waals surface area (Å²) >= 11 is 3.37. The van der Waals surface area contributed by atoms with Crippen molar-refractivity contribution in [2.45, 2.75) is 0 Å². The predicted molar refractivity (Wildman–Crippen MR) is 86.6 cm³/mol. The average molecular weight is 348 g/mol. The van der Waals surface area contributed by atoms with Crippen LogP contribution >= 0.6 is 15.9 Å². The monoisotopic (exact) mass is 347 g/mol. The Morgan fingerprint density at radius 3 is 2.86 bits per heavy atom. The number of methoxy groups -OCH3 is 1. The molecule has 0 aliphatic heterocycles. The number of nitrogen functional groups attached to an aromatic ring is 1. The molecule has 0 saturated heterocycles. The predicted octanol–water partition coefficient (Wildman–Crippen LogP) is 2.80. The summed E-state index contributed by atoms with van der Waals surface area (Å²) in [7, 11) is 1.58. The van der Waals surface area contributed by atoms with Crippen LogP contribution in [-0.2, 0) is 0 Å². The standard InChI is InChI=1S/C15H14BrN3O2/c1-21-14-6-5-12(16)7-11(14)9-18-19-15(20)10-3-2-4-13(17)8-10/h2-9H,17H2,1H3,(H,19,20)/b18-9-. The highest BCUT2D eigenvalue weighted by molar-refractivity contribution is 9.10. The molecule has 5 nitrogen and oxygen atoms in total. The largest absolute Gasteiger partial charge is 0.496 e. The topological polar surface area (TPSA) is 76.7 Å². The fourth-order valence-corrected chi connectivity index (χ4v) is 2.09. The third kappa shape index (κ3) is 4.06. The summed E-state index contributed by atoms with van der Waals surface area (Å²) in [6, 6.07) is 12.2. The van der Waals surface area contributed by atoms with Crippen molar-refractivity contribution in [2.75, 3.05) is 12.8 Å². The maximum Gasteiger partial charge on any atom is 0.271 e. The van der Waals surface area contributed by atoms with Gasteiger partial charge in [0.15, 0.2) is 0 Å².